The molecule has 1 N–H and O–H groups in total. The van der Waals surface area contributed by atoms with Crippen LogP contribution >= 0.6 is 0 Å². The first-order valence-electron chi connectivity index (χ1n) is 8.99. The van der Waals surface area contributed by atoms with Crippen LogP contribution in [0, 0.1) is 18.8 Å². The molecule has 2 fully saturated rings. The highest BCUT2D eigenvalue weighted by Gasteiger charge is 2.49. The molecule has 1 saturated heterocycles. The van der Waals surface area contributed by atoms with Gasteiger partial charge in [-0.2, -0.15) is 0 Å². The zero-order chi connectivity index (χ0) is 18.3. The summed E-state index contributed by atoms with van der Waals surface area (Å²) in [5, 5.41) is 9.66. The average molecular weight is 351 g/mol. The number of aliphatic carboxylic acids is 1. The molecule has 2 aromatic rings. The molecule has 2 aliphatic rings. The fourth-order valence-corrected chi connectivity index (χ4v) is 4.39. The standard InChI is InChI=1S/C20H21N3O3/c1-12-16(10-21-18(22-12)13-6-3-2-4-7-13)19(24)23-11-14-8-5-9-15(14)17(23)20(25)26/h2-4,6-7,10,14-15,17H,5,8-9,11H2,1H3,(H,25,26). The number of rotatable bonds is 3. The predicted octanol–water partition coefficient (Wildman–Crippen LogP) is 2.78. The van der Waals surface area contributed by atoms with Gasteiger partial charge < -0.3 is 10.0 Å². The first-order valence-corrected chi connectivity index (χ1v) is 8.99. The number of carbonyl (C=O) groups is 2. The Morgan fingerprint density at radius 3 is 2.65 bits per heavy atom. The van der Waals surface area contributed by atoms with Crippen molar-refractivity contribution in [3.8, 4) is 11.4 Å². The van der Waals surface area contributed by atoms with E-state index in [1.807, 2.05) is 30.3 Å². The molecular formula is C20H21N3O3. The maximum atomic E-state index is 13.0. The van der Waals surface area contributed by atoms with E-state index >= 15 is 0 Å². The number of hydrogen-bond acceptors (Lipinski definition) is 4. The Morgan fingerprint density at radius 2 is 1.96 bits per heavy atom. The molecule has 1 aliphatic heterocycles. The van der Waals surface area contributed by atoms with E-state index in [9.17, 15) is 14.7 Å². The molecule has 0 radical (unpaired) electrons. The molecular weight excluding hydrogens is 330 g/mol. The van der Waals surface area contributed by atoms with Gasteiger partial charge in [-0.3, -0.25) is 4.79 Å². The van der Waals surface area contributed by atoms with E-state index in [0.717, 1.165) is 24.8 Å². The van der Waals surface area contributed by atoms with Gasteiger partial charge in [-0.05, 0) is 31.6 Å². The summed E-state index contributed by atoms with van der Waals surface area (Å²) in [4.78, 5) is 35.2. The number of aryl methyl sites for hydroxylation is 1. The van der Waals surface area contributed by atoms with E-state index in [0.29, 0.717) is 29.5 Å². The number of carbonyl (C=O) groups excluding carboxylic acids is 1. The van der Waals surface area contributed by atoms with Crippen LogP contribution in [-0.4, -0.2) is 44.4 Å². The predicted molar refractivity (Wildman–Crippen MR) is 95.5 cm³/mol. The second kappa shape index (κ2) is 6.52. The lowest BCUT2D eigenvalue weighted by Gasteiger charge is -2.24. The van der Waals surface area contributed by atoms with Gasteiger partial charge in [-0.25, -0.2) is 14.8 Å². The lowest BCUT2D eigenvalue weighted by Crippen LogP contribution is -2.43. The van der Waals surface area contributed by atoms with Gasteiger partial charge in [-0.1, -0.05) is 36.8 Å². The average Bonchev–Trinajstić information content (AvgIpc) is 3.22. The first kappa shape index (κ1) is 16.7. The molecule has 1 aliphatic carbocycles. The van der Waals surface area contributed by atoms with Crippen molar-refractivity contribution >= 4 is 11.9 Å². The van der Waals surface area contributed by atoms with E-state index in [1.165, 1.54) is 11.1 Å². The third-order valence-corrected chi connectivity index (χ3v) is 5.65. The zero-order valence-corrected chi connectivity index (χ0v) is 14.6. The largest absolute Gasteiger partial charge is 0.480 e. The Bertz CT molecular complexity index is 853. The molecule has 26 heavy (non-hydrogen) atoms. The summed E-state index contributed by atoms with van der Waals surface area (Å²) in [5.74, 6) is -0.255. The molecule has 6 nitrogen and oxygen atoms in total. The van der Waals surface area contributed by atoms with Crippen LogP contribution in [0.4, 0.5) is 0 Å². The van der Waals surface area contributed by atoms with Crippen molar-refractivity contribution in [2.24, 2.45) is 11.8 Å². The maximum absolute atomic E-state index is 13.0. The quantitative estimate of drug-likeness (QED) is 0.919. The minimum absolute atomic E-state index is 0.0706. The summed E-state index contributed by atoms with van der Waals surface area (Å²) in [7, 11) is 0. The smallest absolute Gasteiger partial charge is 0.326 e. The zero-order valence-electron chi connectivity index (χ0n) is 14.6. The molecule has 1 aromatic carbocycles. The SMILES string of the molecule is Cc1nc(-c2ccccc2)ncc1C(=O)N1CC2CCCC2C1C(=O)O. The third kappa shape index (κ3) is 2.75. The maximum Gasteiger partial charge on any atom is 0.326 e. The second-order valence-electron chi connectivity index (χ2n) is 7.15. The van der Waals surface area contributed by atoms with Gasteiger partial charge in [0, 0.05) is 18.3 Å². The number of carboxylic acids is 1. The summed E-state index contributed by atoms with van der Waals surface area (Å²) in [6.07, 6.45) is 4.46. The topological polar surface area (TPSA) is 83.4 Å². The lowest BCUT2D eigenvalue weighted by molar-refractivity contribution is -0.142. The monoisotopic (exact) mass is 351 g/mol. The second-order valence-corrected chi connectivity index (χ2v) is 7.15. The van der Waals surface area contributed by atoms with Crippen LogP contribution in [-0.2, 0) is 4.79 Å². The fraction of sp³-hybridized carbons (Fsp3) is 0.400. The van der Waals surface area contributed by atoms with Crippen molar-refractivity contribution in [2.45, 2.75) is 32.2 Å². The minimum Gasteiger partial charge on any atom is -0.480 e. The van der Waals surface area contributed by atoms with Crippen LogP contribution in [0.5, 0.6) is 0 Å². The van der Waals surface area contributed by atoms with Gasteiger partial charge in [0.05, 0.1) is 11.3 Å². The molecule has 3 atom stereocenters. The van der Waals surface area contributed by atoms with Crippen molar-refractivity contribution in [2.75, 3.05) is 6.54 Å². The fourth-order valence-electron chi connectivity index (χ4n) is 4.39. The minimum atomic E-state index is -0.910. The first-order chi connectivity index (χ1) is 12.6. The molecule has 6 heteroatoms. The molecule has 1 aromatic heterocycles. The van der Waals surface area contributed by atoms with E-state index < -0.39 is 12.0 Å². The normalized spacial score (nSPS) is 24.5. The molecule has 1 amide bonds. The van der Waals surface area contributed by atoms with Gasteiger partial charge in [0.15, 0.2) is 5.82 Å². The third-order valence-electron chi connectivity index (χ3n) is 5.65. The van der Waals surface area contributed by atoms with Gasteiger partial charge in [0.2, 0.25) is 0 Å². The Morgan fingerprint density at radius 1 is 1.19 bits per heavy atom. The van der Waals surface area contributed by atoms with Crippen molar-refractivity contribution in [1.29, 1.82) is 0 Å². The van der Waals surface area contributed by atoms with E-state index in [2.05, 4.69) is 9.97 Å². The van der Waals surface area contributed by atoms with Gasteiger partial charge in [-0.15, -0.1) is 0 Å². The van der Waals surface area contributed by atoms with E-state index in [1.54, 1.807) is 6.92 Å². The molecule has 0 bridgehead atoms. The number of likely N-dealkylation sites (tertiary alicyclic amines) is 1. The van der Waals surface area contributed by atoms with Crippen LogP contribution in [0.3, 0.4) is 0 Å². The number of benzene rings is 1. The Balaban J connectivity index is 1.63. The number of fused-ring (bicyclic) bond motifs is 1. The summed E-state index contributed by atoms with van der Waals surface area (Å²) in [6, 6.07) is 8.84. The van der Waals surface area contributed by atoms with Crippen molar-refractivity contribution in [1.82, 2.24) is 14.9 Å². The highest BCUT2D eigenvalue weighted by atomic mass is 16.4. The van der Waals surface area contributed by atoms with Gasteiger partial charge in [0.25, 0.3) is 5.91 Å². The molecule has 0 spiro atoms. The van der Waals surface area contributed by atoms with Crippen LogP contribution < -0.4 is 0 Å². The summed E-state index contributed by atoms with van der Waals surface area (Å²) in [6.45, 7) is 2.29. The molecule has 1 saturated carbocycles. The van der Waals surface area contributed by atoms with Crippen LogP contribution in [0.25, 0.3) is 11.4 Å². The summed E-state index contributed by atoms with van der Waals surface area (Å²) >= 11 is 0. The van der Waals surface area contributed by atoms with Crippen molar-refractivity contribution in [3.63, 3.8) is 0 Å². The highest BCUT2D eigenvalue weighted by Crippen LogP contribution is 2.42. The molecule has 2 heterocycles. The number of hydrogen-bond donors (Lipinski definition) is 1. The van der Waals surface area contributed by atoms with Crippen LogP contribution in [0.15, 0.2) is 36.5 Å². The van der Waals surface area contributed by atoms with Gasteiger partial charge in [0.1, 0.15) is 6.04 Å². The summed E-state index contributed by atoms with van der Waals surface area (Å²) < 4.78 is 0. The Hall–Kier alpha value is -2.76. The highest BCUT2D eigenvalue weighted by molar-refractivity contribution is 5.97. The van der Waals surface area contributed by atoms with Crippen molar-refractivity contribution < 1.29 is 14.7 Å². The van der Waals surface area contributed by atoms with E-state index in [-0.39, 0.29) is 11.8 Å². The molecule has 134 valence electrons. The summed E-state index contributed by atoms with van der Waals surface area (Å²) in [5.41, 5.74) is 1.84. The van der Waals surface area contributed by atoms with Crippen LogP contribution in [0.2, 0.25) is 0 Å². The van der Waals surface area contributed by atoms with Gasteiger partial charge >= 0.3 is 5.97 Å². The lowest BCUT2D eigenvalue weighted by atomic mass is 9.94. The van der Waals surface area contributed by atoms with Crippen LogP contribution in [0.1, 0.15) is 35.3 Å². The Labute approximate surface area is 151 Å². The number of carboxylic acid groups (broad SMARTS) is 1. The van der Waals surface area contributed by atoms with Crippen molar-refractivity contribution in [3.05, 3.63) is 47.8 Å². The number of aromatic nitrogens is 2. The number of nitrogens with zero attached hydrogens (tertiary/aromatic N) is 3. The molecule has 3 unspecified atom stereocenters. The van der Waals surface area contributed by atoms with E-state index in [4.69, 9.17) is 0 Å². The molecule has 4 rings (SSSR count). The number of amides is 1. The Kier molecular flexibility index (Phi) is 4.18.